The van der Waals surface area contributed by atoms with Gasteiger partial charge in [0.2, 0.25) is 0 Å². The summed E-state index contributed by atoms with van der Waals surface area (Å²) in [6.07, 6.45) is 17.6. The zero-order valence-electron chi connectivity index (χ0n) is 13.1. The quantitative estimate of drug-likeness (QED) is 0.144. The first kappa shape index (κ1) is 18.3. The lowest BCUT2D eigenvalue weighted by Crippen LogP contribution is -1.95. The van der Waals surface area contributed by atoms with Crippen LogP contribution >= 0.6 is 0 Å². The fraction of sp³-hybridized carbons (Fsp3) is 1.00. The molecule has 0 radical (unpaired) electrons. The van der Waals surface area contributed by atoms with E-state index in [1.165, 1.54) is 77.0 Å². The molecule has 3 heteroatoms. The number of hydrogen-bond donors (Lipinski definition) is 0. The molecule has 0 aliphatic carbocycles. The van der Waals surface area contributed by atoms with Crippen molar-refractivity contribution >= 4 is 0 Å². The minimum absolute atomic E-state index is 0.174. The van der Waals surface area contributed by atoms with Crippen molar-refractivity contribution in [3.05, 3.63) is 10.4 Å². The van der Waals surface area contributed by atoms with Gasteiger partial charge >= 0.3 is 0 Å². The molecule has 19 heavy (non-hydrogen) atoms. The Bertz CT molecular complexity index is 222. The van der Waals surface area contributed by atoms with Crippen molar-refractivity contribution in [2.24, 2.45) is 5.11 Å². The smallest absolute Gasteiger partial charge is 0.0345 e. The molecule has 0 saturated carbocycles. The molecule has 0 spiro atoms. The molecule has 112 valence electrons. The van der Waals surface area contributed by atoms with Crippen molar-refractivity contribution in [3.8, 4) is 0 Å². The monoisotopic (exact) mass is 267 g/mol. The molecule has 0 fully saturated rings. The van der Waals surface area contributed by atoms with Crippen LogP contribution in [0.2, 0.25) is 0 Å². The van der Waals surface area contributed by atoms with E-state index in [-0.39, 0.29) is 6.04 Å². The summed E-state index contributed by atoms with van der Waals surface area (Å²) < 4.78 is 0. The lowest BCUT2D eigenvalue weighted by Gasteiger charge is -2.04. The largest absolute Gasteiger partial charge is 0.0909 e. The second kappa shape index (κ2) is 15.4. The lowest BCUT2D eigenvalue weighted by molar-refractivity contribution is 0.527. The van der Waals surface area contributed by atoms with E-state index in [9.17, 15) is 0 Å². The zero-order valence-corrected chi connectivity index (χ0v) is 13.1. The van der Waals surface area contributed by atoms with Crippen LogP contribution in [0.3, 0.4) is 0 Å². The lowest BCUT2D eigenvalue weighted by atomic mass is 10.0. The molecule has 1 atom stereocenters. The number of azide groups is 1. The Balaban J connectivity index is 3.04. The summed E-state index contributed by atoms with van der Waals surface area (Å²) in [6, 6.07) is 0.174. The van der Waals surface area contributed by atoms with Crippen LogP contribution in [0.5, 0.6) is 0 Å². The molecule has 0 aromatic heterocycles. The van der Waals surface area contributed by atoms with E-state index in [4.69, 9.17) is 5.53 Å². The standard InChI is InChI=1S/C16H33N3/c1-3-4-5-6-7-8-9-10-11-12-13-14-15-16(2)18-19-17/h16H,3-15H2,1-2H3/t16-/m1/s1. The third-order valence-corrected chi connectivity index (χ3v) is 3.72. The van der Waals surface area contributed by atoms with E-state index in [2.05, 4.69) is 16.9 Å². The van der Waals surface area contributed by atoms with E-state index in [1.54, 1.807) is 0 Å². The number of nitrogens with zero attached hydrogens (tertiary/aromatic N) is 3. The van der Waals surface area contributed by atoms with Crippen molar-refractivity contribution in [1.82, 2.24) is 0 Å². The van der Waals surface area contributed by atoms with Gasteiger partial charge in [0.15, 0.2) is 0 Å². The highest BCUT2D eigenvalue weighted by atomic mass is 15.1. The minimum atomic E-state index is 0.174. The highest BCUT2D eigenvalue weighted by Gasteiger charge is 1.98. The Morgan fingerprint density at radius 1 is 0.789 bits per heavy atom. The molecular weight excluding hydrogens is 234 g/mol. The Labute approximate surface area is 119 Å². The third kappa shape index (κ3) is 15.3. The highest BCUT2D eigenvalue weighted by Crippen LogP contribution is 2.13. The second-order valence-corrected chi connectivity index (χ2v) is 5.73. The average molecular weight is 267 g/mol. The summed E-state index contributed by atoms with van der Waals surface area (Å²) in [4.78, 5) is 2.84. The summed E-state index contributed by atoms with van der Waals surface area (Å²) in [5, 5.41) is 3.69. The van der Waals surface area contributed by atoms with E-state index >= 15 is 0 Å². The highest BCUT2D eigenvalue weighted by molar-refractivity contribution is 4.60. The van der Waals surface area contributed by atoms with Crippen LogP contribution in [0, 0.1) is 0 Å². The van der Waals surface area contributed by atoms with Gasteiger partial charge in [-0.2, -0.15) is 0 Å². The Morgan fingerprint density at radius 2 is 1.21 bits per heavy atom. The molecule has 0 aliphatic heterocycles. The molecule has 3 nitrogen and oxygen atoms in total. The van der Waals surface area contributed by atoms with Crippen LogP contribution in [-0.2, 0) is 0 Å². The molecule has 0 aliphatic rings. The summed E-state index contributed by atoms with van der Waals surface area (Å²) in [5.74, 6) is 0. The first-order chi connectivity index (χ1) is 9.31. The van der Waals surface area contributed by atoms with Gasteiger partial charge in [-0.15, -0.1) is 0 Å². The van der Waals surface area contributed by atoms with Crippen LogP contribution in [0.25, 0.3) is 10.4 Å². The Hall–Kier alpha value is -0.690. The molecule has 0 unspecified atom stereocenters. The van der Waals surface area contributed by atoms with Gasteiger partial charge in [0.25, 0.3) is 0 Å². The molecule has 0 bridgehead atoms. The fourth-order valence-corrected chi connectivity index (χ4v) is 2.43. The van der Waals surface area contributed by atoms with Gasteiger partial charge in [-0.1, -0.05) is 96.0 Å². The molecule has 0 rings (SSSR count). The normalized spacial score (nSPS) is 12.1. The predicted molar refractivity (Wildman–Crippen MR) is 84.3 cm³/mol. The van der Waals surface area contributed by atoms with Crippen LogP contribution in [0.4, 0.5) is 0 Å². The van der Waals surface area contributed by atoms with E-state index in [1.807, 2.05) is 6.92 Å². The minimum Gasteiger partial charge on any atom is -0.0909 e. The molecule has 0 amide bonds. The summed E-state index contributed by atoms with van der Waals surface area (Å²) >= 11 is 0. The summed E-state index contributed by atoms with van der Waals surface area (Å²) in [7, 11) is 0. The Kier molecular flexibility index (Phi) is 14.8. The molecule has 0 saturated heterocycles. The van der Waals surface area contributed by atoms with Gasteiger partial charge in [-0.25, -0.2) is 0 Å². The van der Waals surface area contributed by atoms with E-state index < -0.39 is 0 Å². The van der Waals surface area contributed by atoms with E-state index in [0.29, 0.717) is 0 Å². The maximum absolute atomic E-state index is 8.29. The Morgan fingerprint density at radius 3 is 1.63 bits per heavy atom. The predicted octanol–water partition coefficient (Wildman–Crippen LogP) is 6.78. The molecule has 0 heterocycles. The summed E-state index contributed by atoms with van der Waals surface area (Å²) in [5.41, 5.74) is 8.29. The first-order valence-corrected chi connectivity index (χ1v) is 8.35. The van der Waals surface area contributed by atoms with Crippen LogP contribution in [0.15, 0.2) is 5.11 Å². The van der Waals surface area contributed by atoms with Crippen molar-refractivity contribution in [2.75, 3.05) is 0 Å². The van der Waals surface area contributed by atoms with Crippen LogP contribution in [-0.4, -0.2) is 6.04 Å². The number of hydrogen-bond acceptors (Lipinski definition) is 1. The topological polar surface area (TPSA) is 48.8 Å². The molecule has 0 N–H and O–H groups in total. The summed E-state index contributed by atoms with van der Waals surface area (Å²) in [6.45, 7) is 4.27. The van der Waals surface area contributed by atoms with Crippen molar-refractivity contribution in [2.45, 2.75) is 103 Å². The maximum Gasteiger partial charge on any atom is 0.0345 e. The fourth-order valence-electron chi connectivity index (χ4n) is 2.43. The van der Waals surface area contributed by atoms with Crippen molar-refractivity contribution in [3.63, 3.8) is 0 Å². The van der Waals surface area contributed by atoms with Gasteiger partial charge in [-0.05, 0) is 12.0 Å². The van der Waals surface area contributed by atoms with Gasteiger partial charge in [0.05, 0.1) is 0 Å². The maximum atomic E-state index is 8.29. The second-order valence-electron chi connectivity index (χ2n) is 5.73. The number of rotatable bonds is 14. The van der Waals surface area contributed by atoms with Gasteiger partial charge in [-0.3, -0.25) is 0 Å². The van der Waals surface area contributed by atoms with Gasteiger partial charge < -0.3 is 0 Å². The van der Waals surface area contributed by atoms with E-state index in [0.717, 1.165) is 6.42 Å². The number of unbranched alkanes of at least 4 members (excludes halogenated alkanes) is 11. The zero-order chi connectivity index (χ0) is 14.2. The average Bonchev–Trinajstić information content (AvgIpc) is 2.40. The van der Waals surface area contributed by atoms with Crippen LogP contribution < -0.4 is 0 Å². The van der Waals surface area contributed by atoms with Crippen molar-refractivity contribution in [1.29, 1.82) is 0 Å². The van der Waals surface area contributed by atoms with Gasteiger partial charge in [0, 0.05) is 11.0 Å². The first-order valence-electron chi connectivity index (χ1n) is 8.35. The van der Waals surface area contributed by atoms with Crippen molar-refractivity contribution < 1.29 is 0 Å². The van der Waals surface area contributed by atoms with Crippen LogP contribution in [0.1, 0.15) is 97.3 Å². The molecule has 0 aromatic rings. The SMILES string of the molecule is CCCCCCCCCCCCCC[C@@H](C)N=[N+]=[N-]. The third-order valence-electron chi connectivity index (χ3n) is 3.72. The molecular formula is C16H33N3. The van der Waals surface area contributed by atoms with Gasteiger partial charge in [0.1, 0.15) is 0 Å². The molecule has 0 aromatic carbocycles.